The van der Waals surface area contributed by atoms with E-state index in [1.807, 2.05) is 12.1 Å². The van der Waals surface area contributed by atoms with E-state index in [1.54, 1.807) is 13.2 Å². The van der Waals surface area contributed by atoms with E-state index in [2.05, 4.69) is 0 Å². The molecule has 1 aliphatic rings. The number of methoxy groups -OCH3 is 1. The van der Waals surface area contributed by atoms with Gasteiger partial charge in [-0.3, -0.25) is 4.79 Å². The smallest absolute Gasteiger partial charge is 0.199 e. The fourth-order valence-electron chi connectivity index (χ4n) is 2.50. The molecular formula is C14H14O3. The van der Waals surface area contributed by atoms with Crippen LogP contribution >= 0.6 is 0 Å². The summed E-state index contributed by atoms with van der Waals surface area (Å²) >= 11 is 0. The van der Waals surface area contributed by atoms with E-state index >= 15 is 0 Å². The van der Waals surface area contributed by atoms with E-state index in [9.17, 15) is 4.79 Å². The summed E-state index contributed by atoms with van der Waals surface area (Å²) in [7, 11) is 1.58. The number of fused-ring (bicyclic) bond motifs is 2. The predicted octanol–water partition coefficient (Wildman–Crippen LogP) is 2.68. The average Bonchev–Trinajstić information content (AvgIpc) is 2.38. The Hall–Kier alpha value is -1.77. The zero-order chi connectivity index (χ0) is 11.8. The van der Waals surface area contributed by atoms with Gasteiger partial charge in [-0.15, -0.1) is 0 Å². The van der Waals surface area contributed by atoms with Gasteiger partial charge in [-0.2, -0.15) is 0 Å². The lowest BCUT2D eigenvalue weighted by Gasteiger charge is -2.15. The predicted molar refractivity (Wildman–Crippen MR) is 65.7 cm³/mol. The van der Waals surface area contributed by atoms with Crippen LogP contribution in [0.25, 0.3) is 11.0 Å². The zero-order valence-electron chi connectivity index (χ0n) is 9.79. The number of aryl methyl sites for hydroxylation is 1. The minimum absolute atomic E-state index is 0.0819. The minimum Gasteiger partial charge on any atom is -0.496 e. The van der Waals surface area contributed by atoms with Crippen LogP contribution in [-0.2, 0) is 12.8 Å². The third-order valence-electron chi connectivity index (χ3n) is 3.36. The molecule has 17 heavy (non-hydrogen) atoms. The molecule has 3 rings (SSSR count). The summed E-state index contributed by atoms with van der Waals surface area (Å²) in [6, 6.07) is 5.47. The Morgan fingerprint density at radius 3 is 2.88 bits per heavy atom. The molecule has 0 amide bonds. The van der Waals surface area contributed by atoms with Gasteiger partial charge in [-0.05, 0) is 31.4 Å². The van der Waals surface area contributed by atoms with Gasteiger partial charge in [0.25, 0.3) is 0 Å². The Morgan fingerprint density at radius 2 is 2.06 bits per heavy atom. The first-order valence-electron chi connectivity index (χ1n) is 5.93. The zero-order valence-corrected chi connectivity index (χ0v) is 9.79. The van der Waals surface area contributed by atoms with Crippen molar-refractivity contribution < 1.29 is 9.15 Å². The lowest BCUT2D eigenvalue weighted by Crippen LogP contribution is -2.16. The summed E-state index contributed by atoms with van der Waals surface area (Å²) < 4.78 is 11.1. The number of rotatable bonds is 1. The summed E-state index contributed by atoms with van der Waals surface area (Å²) in [5.41, 5.74) is 1.56. The second-order valence-corrected chi connectivity index (χ2v) is 4.37. The first kappa shape index (κ1) is 10.4. The van der Waals surface area contributed by atoms with Gasteiger partial charge in [0, 0.05) is 12.0 Å². The average molecular weight is 230 g/mol. The maximum Gasteiger partial charge on any atom is 0.199 e. The van der Waals surface area contributed by atoms with Crippen LogP contribution in [0.2, 0.25) is 0 Å². The second-order valence-electron chi connectivity index (χ2n) is 4.37. The summed E-state index contributed by atoms with van der Waals surface area (Å²) in [4.78, 5) is 12.4. The highest BCUT2D eigenvalue weighted by Crippen LogP contribution is 2.27. The Morgan fingerprint density at radius 1 is 1.24 bits per heavy atom. The molecule has 0 bridgehead atoms. The van der Waals surface area contributed by atoms with Crippen LogP contribution in [0.5, 0.6) is 5.75 Å². The second kappa shape index (κ2) is 3.91. The molecule has 0 saturated heterocycles. The van der Waals surface area contributed by atoms with Gasteiger partial charge in [0.15, 0.2) is 5.43 Å². The SMILES string of the molecule is COc1cccc2oc3c(c(=O)c12)CCCC3. The fraction of sp³-hybridized carbons (Fsp3) is 0.357. The standard InChI is InChI=1S/C14H14O3/c1-16-11-7-4-8-12-13(11)14(15)9-5-2-3-6-10(9)17-12/h4,7-8H,2-3,5-6H2,1H3. The normalized spacial score (nSPS) is 14.6. The molecular weight excluding hydrogens is 216 g/mol. The van der Waals surface area contributed by atoms with Crippen molar-refractivity contribution in [3.05, 3.63) is 39.7 Å². The highest BCUT2D eigenvalue weighted by Gasteiger charge is 2.19. The van der Waals surface area contributed by atoms with Crippen LogP contribution in [0.15, 0.2) is 27.4 Å². The third kappa shape index (κ3) is 1.54. The van der Waals surface area contributed by atoms with Crippen molar-refractivity contribution in [2.24, 2.45) is 0 Å². The highest BCUT2D eigenvalue weighted by atomic mass is 16.5. The summed E-state index contributed by atoms with van der Waals surface area (Å²) in [5, 5.41) is 0.579. The molecule has 0 fully saturated rings. The van der Waals surface area contributed by atoms with Crippen LogP contribution in [0.4, 0.5) is 0 Å². The van der Waals surface area contributed by atoms with E-state index in [0.717, 1.165) is 37.0 Å². The van der Waals surface area contributed by atoms with Gasteiger partial charge < -0.3 is 9.15 Å². The molecule has 0 N–H and O–H groups in total. The molecule has 0 radical (unpaired) electrons. The highest BCUT2D eigenvalue weighted by molar-refractivity contribution is 5.84. The summed E-state index contributed by atoms with van der Waals surface area (Å²) in [5.74, 6) is 1.46. The van der Waals surface area contributed by atoms with E-state index in [1.165, 1.54) is 0 Å². The first-order valence-corrected chi connectivity index (χ1v) is 5.93. The Bertz CT molecular complexity index is 625. The Labute approximate surface area is 99.0 Å². The quantitative estimate of drug-likeness (QED) is 0.756. The Balaban J connectivity index is 2.41. The van der Waals surface area contributed by atoms with Crippen molar-refractivity contribution >= 4 is 11.0 Å². The Kier molecular flexibility index (Phi) is 2.39. The monoisotopic (exact) mass is 230 g/mol. The topological polar surface area (TPSA) is 39.4 Å². The van der Waals surface area contributed by atoms with Gasteiger partial charge in [0.1, 0.15) is 22.5 Å². The molecule has 2 aromatic rings. The molecule has 0 unspecified atom stereocenters. The van der Waals surface area contributed by atoms with Crippen molar-refractivity contribution in [3.8, 4) is 5.75 Å². The minimum atomic E-state index is 0.0819. The van der Waals surface area contributed by atoms with Crippen LogP contribution in [0.1, 0.15) is 24.2 Å². The molecule has 1 aliphatic carbocycles. The van der Waals surface area contributed by atoms with Gasteiger partial charge in [0.05, 0.1) is 7.11 Å². The van der Waals surface area contributed by atoms with Crippen molar-refractivity contribution in [1.29, 1.82) is 0 Å². The van der Waals surface area contributed by atoms with E-state index in [0.29, 0.717) is 16.7 Å². The van der Waals surface area contributed by atoms with Gasteiger partial charge in [-0.1, -0.05) is 6.07 Å². The van der Waals surface area contributed by atoms with Crippen LogP contribution in [0, 0.1) is 0 Å². The third-order valence-corrected chi connectivity index (χ3v) is 3.36. The molecule has 0 atom stereocenters. The molecule has 88 valence electrons. The van der Waals surface area contributed by atoms with Crippen molar-refractivity contribution in [1.82, 2.24) is 0 Å². The lowest BCUT2D eigenvalue weighted by atomic mass is 9.95. The molecule has 0 saturated carbocycles. The van der Waals surface area contributed by atoms with Gasteiger partial charge >= 0.3 is 0 Å². The van der Waals surface area contributed by atoms with Crippen molar-refractivity contribution in [2.75, 3.05) is 7.11 Å². The van der Waals surface area contributed by atoms with Gasteiger partial charge in [0.2, 0.25) is 0 Å². The fourth-order valence-corrected chi connectivity index (χ4v) is 2.50. The summed E-state index contributed by atoms with van der Waals surface area (Å²) in [6.45, 7) is 0. The van der Waals surface area contributed by atoms with Crippen molar-refractivity contribution in [3.63, 3.8) is 0 Å². The van der Waals surface area contributed by atoms with Crippen LogP contribution in [0.3, 0.4) is 0 Å². The number of ether oxygens (including phenoxy) is 1. The first-order chi connectivity index (χ1) is 8.31. The van der Waals surface area contributed by atoms with E-state index in [-0.39, 0.29) is 5.43 Å². The largest absolute Gasteiger partial charge is 0.496 e. The van der Waals surface area contributed by atoms with E-state index in [4.69, 9.17) is 9.15 Å². The van der Waals surface area contributed by atoms with Gasteiger partial charge in [-0.25, -0.2) is 0 Å². The molecule has 1 aromatic carbocycles. The molecule has 1 aromatic heterocycles. The molecule has 3 nitrogen and oxygen atoms in total. The number of hydrogen-bond donors (Lipinski definition) is 0. The van der Waals surface area contributed by atoms with Crippen LogP contribution in [-0.4, -0.2) is 7.11 Å². The maximum absolute atomic E-state index is 12.4. The molecule has 0 spiro atoms. The maximum atomic E-state index is 12.4. The lowest BCUT2D eigenvalue weighted by molar-refractivity contribution is 0.417. The number of hydrogen-bond acceptors (Lipinski definition) is 3. The van der Waals surface area contributed by atoms with Crippen LogP contribution < -0.4 is 10.2 Å². The summed E-state index contributed by atoms with van der Waals surface area (Å²) in [6.07, 6.45) is 3.87. The van der Waals surface area contributed by atoms with E-state index < -0.39 is 0 Å². The molecule has 1 heterocycles. The number of benzene rings is 1. The molecule has 0 aliphatic heterocycles. The van der Waals surface area contributed by atoms with Crippen molar-refractivity contribution in [2.45, 2.75) is 25.7 Å². The molecule has 3 heteroatoms.